The summed E-state index contributed by atoms with van der Waals surface area (Å²) in [5.41, 5.74) is 2.40. The molecule has 0 atom stereocenters. The van der Waals surface area contributed by atoms with Gasteiger partial charge in [0.15, 0.2) is 0 Å². The minimum atomic E-state index is -0.773. The predicted octanol–water partition coefficient (Wildman–Crippen LogP) is 5.28. The minimum absolute atomic E-state index is 0.00838. The first-order chi connectivity index (χ1) is 18.0. The standard InChI is InChI=1S/C29H26ClN3O4/c30-24-14-8-7-13-23(24)26-16-15-25(32-29(36)37-20-22-11-5-2-6-12-22)28(35)33(26)19-27(34)31-18-17-21-9-3-1-4-10-21/h1-16H,17-20H2,(H,31,34)(H,32,36). The summed E-state index contributed by atoms with van der Waals surface area (Å²) in [4.78, 5) is 38.6. The number of nitrogens with zero attached hydrogens (tertiary/aromatic N) is 1. The van der Waals surface area contributed by atoms with Crippen molar-refractivity contribution in [1.82, 2.24) is 9.88 Å². The summed E-state index contributed by atoms with van der Waals surface area (Å²) in [5, 5.41) is 5.78. The second-order valence-electron chi connectivity index (χ2n) is 8.28. The Kier molecular flexibility index (Phi) is 8.73. The molecule has 7 nitrogen and oxygen atoms in total. The van der Waals surface area contributed by atoms with E-state index in [1.54, 1.807) is 30.3 Å². The molecule has 1 heterocycles. The zero-order valence-electron chi connectivity index (χ0n) is 20.0. The van der Waals surface area contributed by atoms with Crippen molar-refractivity contribution in [2.24, 2.45) is 0 Å². The van der Waals surface area contributed by atoms with Gasteiger partial charge in [-0.15, -0.1) is 0 Å². The number of benzene rings is 3. The molecule has 0 radical (unpaired) electrons. The van der Waals surface area contributed by atoms with Crippen LogP contribution in [0.5, 0.6) is 0 Å². The normalized spacial score (nSPS) is 10.5. The summed E-state index contributed by atoms with van der Waals surface area (Å²) < 4.78 is 6.54. The lowest BCUT2D eigenvalue weighted by molar-refractivity contribution is -0.121. The number of rotatable bonds is 9. The van der Waals surface area contributed by atoms with E-state index in [0.29, 0.717) is 29.2 Å². The molecule has 4 aromatic rings. The number of aromatic nitrogens is 1. The van der Waals surface area contributed by atoms with Gasteiger partial charge in [0.1, 0.15) is 18.8 Å². The fourth-order valence-corrected chi connectivity index (χ4v) is 4.03. The minimum Gasteiger partial charge on any atom is -0.444 e. The Balaban J connectivity index is 1.52. The molecule has 2 N–H and O–H groups in total. The second-order valence-corrected chi connectivity index (χ2v) is 8.68. The molecule has 0 saturated heterocycles. The van der Waals surface area contributed by atoms with E-state index in [1.165, 1.54) is 10.6 Å². The van der Waals surface area contributed by atoms with Crippen LogP contribution in [0.15, 0.2) is 102 Å². The highest BCUT2D eigenvalue weighted by atomic mass is 35.5. The average molecular weight is 516 g/mol. The third-order valence-electron chi connectivity index (χ3n) is 5.65. The number of hydrogen-bond acceptors (Lipinski definition) is 4. The van der Waals surface area contributed by atoms with Crippen LogP contribution in [-0.4, -0.2) is 23.1 Å². The molecule has 0 aliphatic carbocycles. The fourth-order valence-electron chi connectivity index (χ4n) is 3.79. The summed E-state index contributed by atoms with van der Waals surface area (Å²) >= 11 is 6.39. The van der Waals surface area contributed by atoms with Crippen molar-refractivity contribution in [2.75, 3.05) is 11.9 Å². The van der Waals surface area contributed by atoms with Gasteiger partial charge in [0.25, 0.3) is 5.56 Å². The Morgan fingerprint density at radius 1 is 0.811 bits per heavy atom. The van der Waals surface area contributed by atoms with Gasteiger partial charge in [-0.2, -0.15) is 0 Å². The molecule has 8 heteroatoms. The number of carbonyl (C=O) groups excluding carboxylic acids is 2. The lowest BCUT2D eigenvalue weighted by Gasteiger charge is -2.16. The molecule has 0 spiro atoms. The van der Waals surface area contributed by atoms with Crippen LogP contribution >= 0.6 is 11.6 Å². The number of carbonyl (C=O) groups is 2. The molecule has 4 rings (SSSR count). The maximum absolute atomic E-state index is 13.4. The monoisotopic (exact) mass is 515 g/mol. The highest BCUT2D eigenvalue weighted by Crippen LogP contribution is 2.27. The number of pyridine rings is 1. The molecule has 188 valence electrons. The highest BCUT2D eigenvalue weighted by Gasteiger charge is 2.17. The Bertz CT molecular complexity index is 1420. The Morgan fingerprint density at radius 2 is 1.46 bits per heavy atom. The van der Waals surface area contributed by atoms with Crippen molar-refractivity contribution < 1.29 is 14.3 Å². The van der Waals surface area contributed by atoms with Gasteiger partial charge in [-0.25, -0.2) is 4.79 Å². The first-order valence-corrected chi connectivity index (χ1v) is 12.2. The first kappa shape index (κ1) is 25.7. The lowest BCUT2D eigenvalue weighted by Crippen LogP contribution is -2.35. The highest BCUT2D eigenvalue weighted by molar-refractivity contribution is 6.33. The van der Waals surface area contributed by atoms with Crippen LogP contribution in [0.2, 0.25) is 5.02 Å². The molecule has 1 aromatic heterocycles. The summed E-state index contributed by atoms with van der Waals surface area (Å²) in [6.45, 7) is 0.230. The second kappa shape index (κ2) is 12.6. The largest absolute Gasteiger partial charge is 0.444 e. The summed E-state index contributed by atoms with van der Waals surface area (Å²) in [5.74, 6) is -0.338. The molecule has 0 unspecified atom stereocenters. The maximum Gasteiger partial charge on any atom is 0.412 e. The summed E-state index contributed by atoms with van der Waals surface area (Å²) in [6.07, 6.45) is -0.112. The van der Waals surface area contributed by atoms with Crippen molar-refractivity contribution in [3.05, 3.63) is 124 Å². The first-order valence-electron chi connectivity index (χ1n) is 11.8. The van der Waals surface area contributed by atoms with Crippen LogP contribution in [0.1, 0.15) is 11.1 Å². The Morgan fingerprint density at radius 3 is 2.16 bits per heavy atom. The van der Waals surface area contributed by atoms with Gasteiger partial charge in [0.2, 0.25) is 5.91 Å². The quantitative estimate of drug-likeness (QED) is 0.317. The topological polar surface area (TPSA) is 89.4 Å². The van der Waals surface area contributed by atoms with Crippen LogP contribution in [0.25, 0.3) is 11.3 Å². The predicted molar refractivity (Wildman–Crippen MR) is 145 cm³/mol. The SMILES string of the molecule is O=C(Cn1c(-c2ccccc2Cl)ccc(NC(=O)OCc2ccccc2)c1=O)NCCc1ccccc1. The molecule has 0 aliphatic heterocycles. The Labute approximate surface area is 219 Å². The average Bonchev–Trinajstić information content (AvgIpc) is 2.91. The van der Waals surface area contributed by atoms with Gasteiger partial charge in [0.05, 0.1) is 5.69 Å². The number of anilines is 1. The lowest BCUT2D eigenvalue weighted by atomic mass is 10.1. The van der Waals surface area contributed by atoms with Crippen LogP contribution in [-0.2, 0) is 29.1 Å². The van der Waals surface area contributed by atoms with E-state index in [2.05, 4.69) is 10.6 Å². The number of nitrogens with one attached hydrogen (secondary N) is 2. The van der Waals surface area contributed by atoms with Gasteiger partial charge < -0.3 is 10.1 Å². The van der Waals surface area contributed by atoms with Crippen LogP contribution in [0.3, 0.4) is 0 Å². The van der Waals surface area contributed by atoms with Crippen LogP contribution in [0.4, 0.5) is 10.5 Å². The third-order valence-corrected chi connectivity index (χ3v) is 5.98. The van der Waals surface area contributed by atoms with E-state index in [1.807, 2.05) is 60.7 Å². The molecular formula is C29H26ClN3O4. The molecular weight excluding hydrogens is 490 g/mol. The van der Waals surface area contributed by atoms with E-state index in [0.717, 1.165) is 11.1 Å². The number of halogens is 1. The zero-order chi connectivity index (χ0) is 26.0. The van der Waals surface area contributed by atoms with Crippen molar-refractivity contribution in [2.45, 2.75) is 19.6 Å². The van der Waals surface area contributed by atoms with Crippen molar-refractivity contribution in [3.63, 3.8) is 0 Å². The number of amides is 2. The zero-order valence-corrected chi connectivity index (χ0v) is 20.8. The number of hydrogen-bond donors (Lipinski definition) is 2. The molecule has 0 bridgehead atoms. The van der Waals surface area contributed by atoms with Gasteiger partial charge in [0, 0.05) is 17.1 Å². The Hall–Kier alpha value is -4.36. The van der Waals surface area contributed by atoms with Crippen molar-refractivity contribution in [1.29, 1.82) is 0 Å². The van der Waals surface area contributed by atoms with Gasteiger partial charge in [-0.1, -0.05) is 90.5 Å². The maximum atomic E-state index is 13.4. The van der Waals surface area contributed by atoms with Gasteiger partial charge in [-0.05, 0) is 35.7 Å². The fraction of sp³-hybridized carbons (Fsp3) is 0.138. The van der Waals surface area contributed by atoms with Crippen molar-refractivity contribution in [3.8, 4) is 11.3 Å². The van der Waals surface area contributed by atoms with Crippen LogP contribution in [0, 0.1) is 0 Å². The smallest absolute Gasteiger partial charge is 0.412 e. The van der Waals surface area contributed by atoms with E-state index in [9.17, 15) is 14.4 Å². The third kappa shape index (κ3) is 7.08. The summed E-state index contributed by atoms with van der Waals surface area (Å²) in [7, 11) is 0. The van der Waals surface area contributed by atoms with Gasteiger partial charge >= 0.3 is 6.09 Å². The van der Waals surface area contributed by atoms with E-state index < -0.39 is 11.7 Å². The molecule has 3 aromatic carbocycles. The van der Waals surface area contributed by atoms with Crippen molar-refractivity contribution >= 4 is 29.3 Å². The number of ether oxygens (including phenoxy) is 1. The molecule has 0 aliphatic rings. The molecule has 0 fully saturated rings. The van der Waals surface area contributed by atoms with E-state index in [4.69, 9.17) is 16.3 Å². The van der Waals surface area contributed by atoms with Gasteiger partial charge in [-0.3, -0.25) is 19.5 Å². The van der Waals surface area contributed by atoms with E-state index in [-0.39, 0.29) is 24.7 Å². The molecule has 37 heavy (non-hydrogen) atoms. The summed E-state index contributed by atoms with van der Waals surface area (Å²) in [6, 6.07) is 29.2. The molecule has 2 amide bonds. The van der Waals surface area contributed by atoms with Crippen LogP contribution < -0.4 is 16.2 Å². The van der Waals surface area contributed by atoms with E-state index >= 15 is 0 Å². The molecule has 0 saturated carbocycles.